The lowest BCUT2D eigenvalue weighted by Crippen LogP contribution is -1.98. The van der Waals surface area contributed by atoms with E-state index in [0.717, 1.165) is 22.3 Å². The van der Waals surface area contributed by atoms with Gasteiger partial charge in [-0.2, -0.15) is 0 Å². The summed E-state index contributed by atoms with van der Waals surface area (Å²) in [5.41, 5.74) is 11.3. The Kier molecular flexibility index (Phi) is 4.76. The third kappa shape index (κ3) is 3.75. The summed E-state index contributed by atoms with van der Waals surface area (Å²) in [6.45, 7) is 3.93. The molecule has 0 atom stereocenters. The van der Waals surface area contributed by atoms with Crippen molar-refractivity contribution >= 4 is 5.69 Å². The van der Waals surface area contributed by atoms with Crippen LogP contribution in [0, 0.1) is 13.8 Å². The van der Waals surface area contributed by atoms with Gasteiger partial charge >= 0.3 is 0 Å². The molecule has 3 aromatic rings. The smallest absolute Gasteiger partial charge is 0.122 e. The van der Waals surface area contributed by atoms with Crippen LogP contribution in [0.5, 0.6) is 17.2 Å². The maximum Gasteiger partial charge on any atom is 0.122 e. The van der Waals surface area contributed by atoms with Crippen LogP contribution in [-0.4, -0.2) is 15.3 Å². The van der Waals surface area contributed by atoms with E-state index in [1.807, 2.05) is 38.1 Å². The SMILES string of the molecule is Cc1ccc(O)c(Cc2cc(C)cc(Cc3cc(N)ccc3O)c2O)c1. The van der Waals surface area contributed by atoms with E-state index in [-0.39, 0.29) is 17.2 Å². The summed E-state index contributed by atoms with van der Waals surface area (Å²) < 4.78 is 0. The highest BCUT2D eigenvalue weighted by atomic mass is 16.3. The van der Waals surface area contributed by atoms with Crippen molar-refractivity contribution in [1.82, 2.24) is 0 Å². The Morgan fingerprint density at radius 3 is 1.77 bits per heavy atom. The van der Waals surface area contributed by atoms with Crippen molar-refractivity contribution in [2.24, 2.45) is 0 Å². The zero-order valence-electron chi connectivity index (χ0n) is 15.0. The average Bonchev–Trinajstić information content (AvgIpc) is 2.58. The fraction of sp³-hybridized carbons (Fsp3) is 0.182. The first-order valence-electron chi connectivity index (χ1n) is 8.50. The molecule has 0 saturated carbocycles. The summed E-state index contributed by atoms with van der Waals surface area (Å²) in [5.74, 6) is 0.544. The van der Waals surface area contributed by atoms with E-state index in [2.05, 4.69) is 0 Å². The summed E-state index contributed by atoms with van der Waals surface area (Å²) >= 11 is 0. The summed E-state index contributed by atoms with van der Waals surface area (Å²) in [4.78, 5) is 0. The molecule has 0 radical (unpaired) electrons. The number of aromatic hydroxyl groups is 3. The number of benzene rings is 3. The van der Waals surface area contributed by atoms with Gasteiger partial charge in [0, 0.05) is 24.1 Å². The molecule has 0 heterocycles. The van der Waals surface area contributed by atoms with E-state index in [4.69, 9.17) is 5.73 Å². The summed E-state index contributed by atoms with van der Waals surface area (Å²) in [7, 11) is 0. The maximum absolute atomic E-state index is 10.8. The fourth-order valence-corrected chi connectivity index (χ4v) is 3.22. The van der Waals surface area contributed by atoms with Crippen molar-refractivity contribution in [2.75, 3.05) is 5.73 Å². The second-order valence-electron chi connectivity index (χ2n) is 6.81. The number of anilines is 1. The highest BCUT2D eigenvalue weighted by molar-refractivity contribution is 5.53. The Bertz CT molecular complexity index is 889. The predicted octanol–water partition coefficient (Wildman–Crippen LogP) is 4.18. The number of nitrogen functional groups attached to an aromatic ring is 1. The monoisotopic (exact) mass is 349 g/mol. The Labute approximate surface area is 153 Å². The molecular weight excluding hydrogens is 326 g/mol. The van der Waals surface area contributed by atoms with Gasteiger partial charge in [-0.05, 0) is 54.8 Å². The minimum atomic E-state index is 0.151. The average molecular weight is 349 g/mol. The molecule has 0 unspecified atom stereocenters. The molecule has 0 fully saturated rings. The summed E-state index contributed by atoms with van der Waals surface area (Å²) in [6.07, 6.45) is 0.800. The number of phenols is 3. The summed E-state index contributed by atoms with van der Waals surface area (Å²) in [6, 6.07) is 14.2. The van der Waals surface area contributed by atoms with Crippen LogP contribution in [0.15, 0.2) is 48.5 Å². The summed E-state index contributed by atoms with van der Waals surface area (Å²) in [5, 5.41) is 30.9. The standard InChI is InChI=1S/C22H23NO3/c1-13-3-5-20(24)15(7-13)10-17-8-14(2)9-18(22(17)26)11-16-12-19(23)4-6-21(16)25/h3-9,12,24-26H,10-11,23H2,1-2H3. The minimum Gasteiger partial charge on any atom is -0.508 e. The first-order valence-corrected chi connectivity index (χ1v) is 8.50. The maximum atomic E-state index is 10.8. The van der Waals surface area contributed by atoms with Crippen LogP contribution >= 0.6 is 0 Å². The van der Waals surface area contributed by atoms with Crippen LogP contribution in [0.25, 0.3) is 0 Å². The molecule has 0 aliphatic rings. The van der Waals surface area contributed by atoms with Gasteiger partial charge in [-0.3, -0.25) is 0 Å². The van der Waals surface area contributed by atoms with Gasteiger partial charge in [-0.1, -0.05) is 35.4 Å². The van der Waals surface area contributed by atoms with E-state index >= 15 is 0 Å². The van der Waals surface area contributed by atoms with Crippen LogP contribution in [0.4, 0.5) is 5.69 Å². The van der Waals surface area contributed by atoms with Crippen molar-refractivity contribution in [2.45, 2.75) is 26.7 Å². The Balaban J connectivity index is 1.98. The van der Waals surface area contributed by atoms with Crippen molar-refractivity contribution in [3.05, 3.63) is 81.9 Å². The first kappa shape index (κ1) is 17.7. The van der Waals surface area contributed by atoms with Gasteiger partial charge < -0.3 is 21.1 Å². The highest BCUT2D eigenvalue weighted by Crippen LogP contribution is 2.33. The highest BCUT2D eigenvalue weighted by Gasteiger charge is 2.14. The van der Waals surface area contributed by atoms with E-state index < -0.39 is 0 Å². The van der Waals surface area contributed by atoms with Crippen LogP contribution in [-0.2, 0) is 12.8 Å². The fourth-order valence-electron chi connectivity index (χ4n) is 3.22. The zero-order valence-corrected chi connectivity index (χ0v) is 15.0. The van der Waals surface area contributed by atoms with E-state index in [9.17, 15) is 15.3 Å². The van der Waals surface area contributed by atoms with Gasteiger partial charge in [-0.25, -0.2) is 0 Å². The largest absolute Gasteiger partial charge is 0.508 e. The van der Waals surface area contributed by atoms with Crippen LogP contribution in [0.3, 0.4) is 0 Å². The van der Waals surface area contributed by atoms with E-state index in [0.29, 0.717) is 29.7 Å². The molecule has 4 heteroatoms. The molecule has 0 aliphatic carbocycles. The third-order valence-corrected chi connectivity index (χ3v) is 4.51. The number of nitrogens with two attached hydrogens (primary N) is 1. The van der Waals surface area contributed by atoms with Gasteiger partial charge in [0.25, 0.3) is 0 Å². The number of phenolic OH excluding ortho intramolecular Hbond substituents is 3. The lowest BCUT2D eigenvalue weighted by molar-refractivity contribution is 0.456. The Morgan fingerprint density at radius 1 is 0.654 bits per heavy atom. The first-order chi connectivity index (χ1) is 12.3. The van der Waals surface area contributed by atoms with Gasteiger partial charge in [0.2, 0.25) is 0 Å². The van der Waals surface area contributed by atoms with E-state index in [1.54, 1.807) is 24.3 Å². The molecule has 0 amide bonds. The van der Waals surface area contributed by atoms with Gasteiger partial charge in [0.1, 0.15) is 17.2 Å². The van der Waals surface area contributed by atoms with Crippen LogP contribution in [0.2, 0.25) is 0 Å². The minimum absolute atomic E-state index is 0.151. The second-order valence-corrected chi connectivity index (χ2v) is 6.81. The Morgan fingerprint density at radius 2 is 1.15 bits per heavy atom. The van der Waals surface area contributed by atoms with E-state index in [1.165, 1.54) is 0 Å². The molecule has 0 spiro atoms. The van der Waals surface area contributed by atoms with Gasteiger partial charge in [0.05, 0.1) is 0 Å². The topological polar surface area (TPSA) is 86.7 Å². The van der Waals surface area contributed by atoms with Crippen molar-refractivity contribution in [3.8, 4) is 17.2 Å². The molecule has 0 bridgehead atoms. The van der Waals surface area contributed by atoms with Crippen LogP contribution < -0.4 is 5.73 Å². The predicted molar refractivity (Wildman–Crippen MR) is 104 cm³/mol. The number of aryl methyl sites for hydroxylation is 2. The lowest BCUT2D eigenvalue weighted by Gasteiger charge is -2.14. The molecule has 134 valence electrons. The second kappa shape index (κ2) is 7.00. The molecular formula is C22H23NO3. The molecule has 0 aliphatic heterocycles. The zero-order chi connectivity index (χ0) is 18.8. The molecule has 5 N–H and O–H groups in total. The van der Waals surface area contributed by atoms with Crippen molar-refractivity contribution < 1.29 is 15.3 Å². The number of rotatable bonds is 4. The Hall–Kier alpha value is -3.14. The normalized spacial score (nSPS) is 10.8. The molecule has 3 aromatic carbocycles. The molecule has 0 saturated heterocycles. The number of hydrogen-bond acceptors (Lipinski definition) is 4. The van der Waals surface area contributed by atoms with Crippen molar-refractivity contribution in [1.29, 1.82) is 0 Å². The molecule has 4 nitrogen and oxygen atoms in total. The quantitative estimate of drug-likeness (QED) is 0.420. The third-order valence-electron chi connectivity index (χ3n) is 4.51. The number of hydrogen-bond donors (Lipinski definition) is 4. The lowest BCUT2D eigenvalue weighted by atomic mass is 9.94. The molecule has 0 aromatic heterocycles. The van der Waals surface area contributed by atoms with Gasteiger partial charge in [0.15, 0.2) is 0 Å². The van der Waals surface area contributed by atoms with Crippen molar-refractivity contribution in [3.63, 3.8) is 0 Å². The molecule has 3 rings (SSSR count). The van der Waals surface area contributed by atoms with Crippen LogP contribution in [0.1, 0.15) is 33.4 Å². The molecule has 26 heavy (non-hydrogen) atoms. The van der Waals surface area contributed by atoms with Gasteiger partial charge in [-0.15, -0.1) is 0 Å².